The molecule has 0 aliphatic rings. The van der Waals surface area contributed by atoms with Crippen LogP contribution in [-0.4, -0.2) is 31.3 Å². The van der Waals surface area contributed by atoms with E-state index in [1.807, 2.05) is 19.1 Å². The van der Waals surface area contributed by atoms with E-state index in [1.54, 1.807) is 17.7 Å². The molecule has 0 aliphatic carbocycles. The zero-order valence-electron chi connectivity index (χ0n) is 16.5. The molecule has 0 fully saturated rings. The van der Waals surface area contributed by atoms with E-state index in [0.717, 1.165) is 5.56 Å². The van der Waals surface area contributed by atoms with Crippen molar-refractivity contribution in [2.45, 2.75) is 18.7 Å². The number of nitro benzene ring substituents is 1. The van der Waals surface area contributed by atoms with E-state index in [9.17, 15) is 14.9 Å². The van der Waals surface area contributed by atoms with Gasteiger partial charge in [0.15, 0.2) is 11.0 Å². The van der Waals surface area contributed by atoms with Crippen LogP contribution < -0.4 is 10.1 Å². The number of hydrogen-bond donors (Lipinski definition) is 1. The van der Waals surface area contributed by atoms with Crippen molar-refractivity contribution >= 4 is 52.2 Å². The molecule has 0 saturated carbocycles. The lowest BCUT2D eigenvalue weighted by Crippen LogP contribution is -2.14. The molecule has 31 heavy (non-hydrogen) atoms. The minimum absolute atomic E-state index is 0.00171. The maximum absolute atomic E-state index is 12.2. The van der Waals surface area contributed by atoms with Crippen LogP contribution in [0.1, 0.15) is 11.4 Å². The molecule has 1 amide bonds. The van der Waals surface area contributed by atoms with Crippen molar-refractivity contribution in [3.8, 4) is 5.75 Å². The Morgan fingerprint density at radius 3 is 2.71 bits per heavy atom. The zero-order chi connectivity index (χ0) is 22.5. The fourth-order valence-electron chi connectivity index (χ4n) is 2.52. The molecule has 1 N–H and O–H groups in total. The van der Waals surface area contributed by atoms with Gasteiger partial charge in [0.2, 0.25) is 5.91 Å². The molecule has 0 atom stereocenters. The van der Waals surface area contributed by atoms with Crippen LogP contribution in [0.25, 0.3) is 0 Å². The maximum Gasteiger partial charge on any atom is 0.289 e. The van der Waals surface area contributed by atoms with Gasteiger partial charge in [-0.15, -0.1) is 10.2 Å². The third-order valence-electron chi connectivity index (χ3n) is 4.13. The molecule has 9 nitrogen and oxygen atoms in total. The molecule has 0 spiro atoms. The first-order valence-corrected chi connectivity index (χ1v) is 10.6. The summed E-state index contributed by atoms with van der Waals surface area (Å²) in [6, 6.07) is 9.54. The smallest absolute Gasteiger partial charge is 0.289 e. The topological polar surface area (TPSA) is 112 Å². The normalized spacial score (nSPS) is 10.7. The van der Waals surface area contributed by atoms with Gasteiger partial charge in [-0.3, -0.25) is 14.9 Å². The van der Waals surface area contributed by atoms with Crippen LogP contribution in [0.5, 0.6) is 5.75 Å². The largest absolute Gasteiger partial charge is 0.484 e. The summed E-state index contributed by atoms with van der Waals surface area (Å²) >= 11 is 13.1. The summed E-state index contributed by atoms with van der Waals surface area (Å²) in [5.74, 6) is 0.797. The van der Waals surface area contributed by atoms with Crippen molar-refractivity contribution in [3.63, 3.8) is 0 Å². The first-order chi connectivity index (χ1) is 14.7. The number of hydrogen-bond acceptors (Lipinski definition) is 7. The number of carbonyl (C=O) groups excluding carboxylic acids is 1. The zero-order valence-corrected chi connectivity index (χ0v) is 18.8. The summed E-state index contributed by atoms with van der Waals surface area (Å²) in [5.41, 5.74) is 1.02. The lowest BCUT2D eigenvalue weighted by atomic mass is 10.2. The Bertz CT molecular complexity index is 1140. The minimum Gasteiger partial charge on any atom is -0.484 e. The quantitative estimate of drug-likeness (QED) is 0.283. The predicted octanol–water partition coefficient (Wildman–Crippen LogP) is 4.65. The van der Waals surface area contributed by atoms with E-state index in [0.29, 0.717) is 21.8 Å². The van der Waals surface area contributed by atoms with Crippen LogP contribution in [0.2, 0.25) is 10.0 Å². The van der Waals surface area contributed by atoms with Gasteiger partial charge < -0.3 is 14.6 Å². The molecule has 1 heterocycles. The van der Waals surface area contributed by atoms with Crippen molar-refractivity contribution in [3.05, 3.63) is 67.9 Å². The molecular formula is C19H17Cl2N5O4S. The maximum atomic E-state index is 12.2. The fourth-order valence-corrected chi connectivity index (χ4v) is 3.61. The van der Waals surface area contributed by atoms with Crippen molar-refractivity contribution < 1.29 is 14.5 Å². The van der Waals surface area contributed by atoms with Crippen LogP contribution in [0, 0.1) is 17.0 Å². The summed E-state index contributed by atoms with van der Waals surface area (Å²) in [7, 11) is 1.76. The van der Waals surface area contributed by atoms with Gasteiger partial charge in [0.1, 0.15) is 17.4 Å². The Balaban J connectivity index is 1.57. The number of ether oxygens (including phenoxy) is 1. The van der Waals surface area contributed by atoms with Gasteiger partial charge in [-0.05, 0) is 36.8 Å². The second-order valence-corrected chi connectivity index (χ2v) is 8.20. The number of nitrogens with one attached hydrogen (secondary N) is 1. The Morgan fingerprint density at radius 2 is 1.97 bits per heavy atom. The molecule has 2 aromatic carbocycles. The highest BCUT2D eigenvalue weighted by Gasteiger charge is 2.16. The summed E-state index contributed by atoms with van der Waals surface area (Å²) in [6.45, 7) is 2.10. The highest BCUT2D eigenvalue weighted by Crippen LogP contribution is 2.28. The first-order valence-electron chi connectivity index (χ1n) is 8.88. The van der Waals surface area contributed by atoms with Crippen molar-refractivity contribution in [2.24, 2.45) is 7.05 Å². The van der Waals surface area contributed by atoms with E-state index >= 15 is 0 Å². The fraction of sp³-hybridized carbons (Fsp3) is 0.211. The molecule has 0 bridgehead atoms. The molecule has 3 aromatic rings. The van der Waals surface area contributed by atoms with Crippen molar-refractivity contribution in [2.75, 3.05) is 11.1 Å². The van der Waals surface area contributed by atoms with Gasteiger partial charge in [-0.1, -0.05) is 41.0 Å². The number of thioether (sulfide) groups is 1. The molecule has 1 aromatic heterocycles. The minimum atomic E-state index is -0.611. The highest BCUT2D eigenvalue weighted by atomic mass is 35.5. The van der Waals surface area contributed by atoms with Crippen LogP contribution in [0.4, 0.5) is 11.4 Å². The highest BCUT2D eigenvalue weighted by molar-refractivity contribution is 7.99. The summed E-state index contributed by atoms with van der Waals surface area (Å²) in [4.78, 5) is 22.6. The number of carbonyl (C=O) groups is 1. The number of benzene rings is 2. The third-order valence-corrected chi connectivity index (χ3v) is 5.78. The van der Waals surface area contributed by atoms with E-state index < -0.39 is 4.92 Å². The predicted molar refractivity (Wildman–Crippen MR) is 119 cm³/mol. The number of rotatable bonds is 8. The van der Waals surface area contributed by atoms with E-state index in [1.165, 1.54) is 30.0 Å². The number of nitrogens with zero attached hydrogens (tertiary/aromatic N) is 4. The molecule has 0 radical (unpaired) electrons. The molecular weight excluding hydrogens is 465 g/mol. The number of amides is 1. The van der Waals surface area contributed by atoms with Crippen molar-refractivity contribution in [1.82, 2.24) is 14.8 Å². The average molecular weight is 482 g/mol. The van der Waals surface area contributed by atoms with Gasteiger partial charge in [-0.25, -0.2) is 0 Å². The van der Waals surface area contributed by atoms with Crippen LogP contribution in [0.3, 0.4) is 0 Å². The summed E-state index contributed by atoms with van der Waals surface area (Å²) < 4.78 is 7.45. The molecule has 0 saturated heterocycles. The van der Waals surface area contributed by atoms with Crippen LogP contribution >= 0.6 is 35.0 Å². The van der Waals surface area contributed by atoms with Gasteiger partial charge in [-0.2, -0.15) is 0 Å². The lowest BCUT2D eigenvalue weighted by molar-refractivity contribution is -0.384. The second kappa shape index (κ2) is 9.99. The Hall–Kier alpha value is -2.82. The monoisotopic (exact) mass is 481 g/mol. The first kappa shape index (κ1) is 22.9. The summed E-state index contributed by atoms with van der Waals surface area (Å²) in [6.07, 6.45) is 0. The SMILES string of the molecule is Cc1ccc(Cl)c(OCc2nnc(SCC(=O)Nc3ccc(Cl)c([N+](=O)[O-])c3)n2C)c1. The molecule has 162 valence electrons. The number of halogens is 2. The summed E-state index contributed by atoms with van der Waals surface area (Å²) in [5, 5.41) is 22.7. The molecule has 3 rings (SSSR count). The van der Waals surface area contributed by atoms with Crippen molar-refractivity contribution in [1.29, 1.82) is 0 Å². The Labute approximate surface area is 191 Å². The van der Waals surface area contributed by atoms with Crippen LogP contribution in [-0.2, 0) is 18.4 Å². The average Bonchev–Trinajstić information content (AvgIpc) is 3.08. The number of nitro groups is 1. The number of anilines is 1. The van der Waals surface area contributed by atoms with E-state index in [2.05, 4.69) is 15.5 Å². The standard InChI is InChI=1S/C19H17Cl2N5O4S/c1-11-3-5-14(21)16(7-11)30-9-17-23-24-19(25(17)2)31-10-18(27)22-12-4-6-13(20)15(8-12)26(28)29/h3-8H,9-10H2,1-2H3,(H,22,27). The van der Waals surface area contributed by atoms with E-state index in [4.69, 9.17) is 27.9 Å². The van der Waals surface area contributed by atoms with Crippen LogP contribution in [0.15, 0.2) is 41.6 Å². The van der Waals surface area contributed by atoms with Gasteiger partial charge in [0.25, 0.3) is 5.69 Å². The third kappa shape index (κ3) is 5.87. The van der Waals surface area contributed by atoms with Gasteiger partial charge in [0.05, 0.1) is 15.7 Å². The molecule has 12 heteroatoms. The van der Waals surface area contributed by atoms with Gasteiger partial charge in [0, 0.05) is 18.8 Å². The Kier molecular flexibility index (Phi) is 7.37. The number of aromatic nitrogens is 3. The Morgan fingerprint density at radius 1 is 1.23 bits per heavy atom. The van der Waals surface area contributed by atoms with E-state index in [-0.39, 0.29) is 34.7 Å². The van der Waals surface area contributed by atoms with Gasteiger partial charge >= 0.3 is 0 Å². The number of aryl methyl sites for hydroxylation is 1. The molecule has 0 aliphatic heterocycles. The second-order valence-electron chi connectivity index (χ2n) is 6.44. The molecule has 0 unspecified atom stereocenters. The lowest BCUT2D eigenvalue weighted by Gasteiger charge is -2.09.